The molecule has 2 aromatic heterocycles. The van der Waals surface area contributed by atoms with Gasteiger partial charge >= 0.3 is 6.18 Å². The second-order valence-corrected chi connectivity index (χ2v) is 8.48. The summed E-state index contributed by atoms with van der Waals surface area (Å²) in [6, 6.07) is 13.6. The first kappa shape index (κ1) is 22.1. The maximum atomic E-state index is 13.6. The summed E-state index contributed by atoms with van der Waals surface area (Å²) in [4.78, 5) is 22.7. The summed E-state index contributed by atoms with van der Waals surface area (Å²) in [6.07, 6.45) is -3.28. The number of nitrogens with zero attached hydrogens (tertiary/aromatic N) is 5. The van der Waals surface area contributed by atoms with E-state index >= 15 is 0 Å². The van der Waals surface area contributed by atoms with Gasteiger partial charge in [0.15, 0.2) is 0 Å². The zero-order valence-electron chi connectivity index (χ0n) is 18.4. The Morgan fingerprint density at radius 3 is 2.41 bits per heavy atom. The van der Waals surface area contributed by atoms with Gasteiger partial charge in [-0.05, 0) is 43.0 Å². The Morgan fingerprint density at radius 2 is 1.76 bits per heavy atom. The average Bonchev–Trinajstić information content (AvgIpc) is 3.43. The van der Waals surface area contributed by atoms with Crippen LogP contribution in [0.25, 0.3) is 22.4 Å². The van der Waals surface area contributed by atoms with Gasteiger partial charge in [0.05, 0.1) is 11.0 Å². The SMILES string of the molecule is Cc1nc(-c2ccc(C(=O)N3CCC(Cn4c(C(F)(F)F)nc5ccccc54)CC3)cc2)no1. The lowest BCUT2D eigenvalue weighted by Gasteiger charge is -2.32. The molecule has 176 valence electrons. The number of amides is 1. The monoisotopic (exact) mass is 469 g/mol. The van der Waals surface area contributed by atoms with E-state index < -0.39 is 12.0 Å². The molecule has 10 heteroatoms. The van der Waals surface area contributed by atoms with E-state index in [9.17, 15) is 18.0 Å². The number of para-hydroxylation sites is 2. The quantitative estimate of drug-likeness (QED) is 0.422. The Morgan fingerprint density at radius 1 is 1.06 bits per heavy atom. The predicted octanol–water partition coefficient (Wildman–Crippen LogP) is 4.97. The molecule has 0 N–H and O–H groups in total. The van der Waals surface area contributed by atoms with Gasteiger partial charge in [-0.25, -0.2) is 4.98 Å². The lowest BCUT2D eigenvalue weighted by molar-refractivity contribution is -0.147. The van der Waals surface area contributed by atoms with Crippen LogP contribution in [0.5, 0.6) is 0 Å². The van der Waals surface area contributed by atoms with Crippen molar-refractivity contribution in [3.05, 3.63) is 65.8 Å². The number of aryl methyl sites for hydroxylation is 1. The van der Waals surface area contributed by atoms with Crippen molar-refractivity contribution in [3.63, 3.8) is 0 Å². The van der Waals surface area contributed by atoms with E-state index in [1.165, 1.54) is 4.57 Å². The number of imidazole rings is 1. The van der Waals surface area contributed by atoms with Gasteiger partial charge in [-0.1, -0.05) is 29.4 Å². The van der Waals surface area contributed by atoms with Crippen molar-refractivity contribution in [1.29, 1.82) is 0 Å². The number of fused-ring (bicyclic) bond motifs is 1. The third-order valence-corrected chi connectivity index (χ3v) is 6.17. The number of carbonyl (C=O) groups is 1. The molecule has 1 aliphatic rings. The Hall–Kier alpha value is -3.69. The normalized spacial score (nSPS) is 15.2. The van der Waals surface area contributed by atoms with E-state index in [-0.39, 0.29) is 18.4 Å². The number of alkyl halides is 3. The molecule has 0 aliphatic carbocycles. The van der Waals surface area contributed by atoms with Crippen molar-refractivity contribution in [2.24, 2.45) is 5.92 Å². The molecule has 34 heavy (non-hydrogen) atoms. The van der Waals surface area contributed by atoms with E-state index in [0.717, 1.165) is 5.56 Å². The van der Waals surface area contributed by atoms with E-state index in [2.05, 4.69) is 15.1 Å². The van der Waals surface area contributed by atoms with Gasteiger partial charge in [0.2, 0.25) is 17.5 Å². The zero-order chi connectivity index (χ0) is 23.9. The molecule has 5 rings (SSSR count). The Balaban J connectivity index is 1.25. The van der Waals surface area contributed by atoms with Crippen molar-refractivity contribution in [1.82, 2.24) is 24.6 Å². The maximum absolute atomic E-state index is 13.6. The number of rotatable bonds is 4. The minimum Gasteiger partial charge on any atom is -0.339 e. The van der Waals surface area contributed by atoms with Crippen molar-refractivity contribution in [2.45, 2.75) is 32.5 Å². The molecule has 3 heterocycles. The smallest absolute Gasteiger partial charge is 0.339 e. The predicted molar refractivity (Wildman–Crippen MR) is 118 cm³/mol. The van der Waals surface area contributed by atoms with Gasteiger partial charge in [0, 0.05) is 37.7 Å². The molecule has 0 unspecified atom stereocenters. The molecular formula is C24H22F3N5O2. The topological polar surface area (TPSA) is 77.1 Å². The number of piperidine rings is 1. The number of hydrogen-bond donors (Lipinski definition) is 0. The first-order valence-corrected chi connectivity index (χ1v) is 11.0. The molecule has 0 radical (unpaired) electrons. The van der Waals surface area contributed by atoms with Crippen LogP contribution in [0.3, 0.4) is 0 Å². The highest BCUT2D eigenvalue weighted by molar-refractivity contribution is 5.94. The van der Waals surface area contributed by atoms with E-state index in [1.807, 2.05) is 0 Å². The average molecular weight is 469 g/mol. The van der Waals surface area contributed by atoms with Crippen LogP contribution in [0.15, 0.2) is 53.1 Å². The number of halogens is 3. The summed E-state index contributed by atoms with van der Waals surface area (Å²) in [5.41, 5.74) is 2.11. The molecule has 2 aromatic carbocycles. The van der Waals surface area contributed by atoms with E-state index in [1.54, 1.807) is 60.4 Å². The largest absolute Gasteiger partial charge is 0.449 e. The van der Waals surface area contributed by atoms with Crippen molar-refractivity contribution < 1.29 is 22.5 Å². The van der Waals surface area contributed by atoms with Gasteiger partial charge in [-0.15, -0.1) is 0 Å². The Labute approximate surface area is 193 Å². The summed E-state index contributed by atoms with van der Waals surface area (Å²) >= 11 is 0. The standard InChI is InChI=1S/C24H22F3N5O2/c1-15-28-21(30-34-15)17-6-8-18(9-7-17)22(33)31-12-10-16(11-13-31)14-32-20-5-3-2-4-19(20)29-23(32)24(25,26)27/h2-9,16H,10-14H2,1H3. The minimum absolute atomic E-state index is 0.0200. The van der Waals surface area contributed by atoms with Gasteiger partial charge < -0.3 is 14.0 Å². The summed E-state index contributed by atoms with van der Waals surface area (Å²) < 4.78 is 47.0. The maximum Gasteiger partial charge on any atom is 0.449 e. The van der Waals surface area contributed by atoms with Crippen LogP contribution < -0.4 is 0 Å². The first-order chi connectivity index (χ1) is 16.3. The van der Waals surface area contributed by atoms with Crippen LogP contribution in [-0.4, -0.2) is 43.6 Å². The zero-order valence-corrected chi connectivity index (χ0v) is 18.4. The Kier molecular flexibility index (Phi) is 5.59. The van der Waals surface area contributed by atoms with Crippen LogP contribution in [0.4, 0.5) is 13.2 Å². The minimum atomic E-state index is -4.53. The van der Waals surface area contributed by atoms with Gasteiger partial charge in [-0.2, -0.15) is 18.2 Å². The lowest BCUT2D eigenvalue weighted by Crippen LogP contribution is -2.39. The van der Waals surface area contributed by atoms with E-state index in [0.29, 0.717) is 54.2 Å². The molecular weight excluding hydrogens is 447 g/mol. The van der Waals surface area contributed by atoms with Crippen LogP contribution in [-0.2, 0) is 12.7 Å². The van der Waals surface area contributed by atoms with Gasteiger partial charge in [-0.3, -0.25) is 4.79 Å². The molecule has 1 aliphatic heterocycles. The van der Waals surface area contributed by atoms with Crippen molar-refractivity contribution in [3.8, 4) is 11.4 Å². The van der Waals surface area contributed by atoms with Crippen LogP contribution in [0.2, 0.25) is 0 Å². The van der Waals surface area contributed by atoms with Crippen molar-refractivity contribution in [2.75, 3.05) is 13.1 Å². The fourth-order valence-corrected chi connectivity index (χ4v) is 4.41. The highest BCUT2D eigenvalue weighted by Crippen LogP contribution is 2.33. The summed E-state index contributed by atoms with van der Waals surface area (Å²) in [6.45, 7) is 2.90. The lowest BCUT2D eigenvalue weighted by atomic mass is 9.96. The van der Waals surface area contributed by atoms with E-state index in [4.69, 9.17) is 4.52 Å². The molecule has 1 amide bonds. The van der Waals surface area contributed by atoms with Gasteiger partial charge in [0.25, 0.3) is 5.91 Å². The molecule has 4 aromatic rings. The third kappa shape index (κ3) is 4.27. The molecule has 1 fully saturated rings. The Bertz CT molecular complexity index is 1320. The number of aromatic nitrogens is 4. The molecule has 0 bridgehead atoms. The third-order valence-electron chi connectivity index (χ3n) is 6.17. The number of carbonyl (C=O) groups excluding carboxylic acids is 1. The second-order valence-electron chi connectivity index (χ2n) is 8.48. The molecule has 7 nitrogen and oxygen atoms in total. The number of hydrogen-bond acceptors (Lipinski definition) is 5. The highest BCUT2D eigenvalue weighted by Gasteiger charge is 2.38. The highest BCUT2D eigenvalue weighted by atomic mass is 19.4. The van der Waals surface area contributed by atoms with Crippen LogP contribution >= 0.6 is 0 Å². The molecule has 1 saturated heterocycles. The molecule has 0 atom stereocenters. The van der Waals surface area contributed by atoms with Gasteiger partial charge in [0.1, 0.15) is 0 Å². The summed E-state index contributed by atoms with van der Waals surface area (Å²) in [5, 5.41) is 3.87. The number of likely N-dealkylation sites (tertiary alicyclic amines) is 1. The van der Waals surface area contributed by atoms with Crippen LogP contribution in [0.1, 0.15) is 34.9 Å². The summed E-state index contributed by atoms with van der Waals surface area (Å²) in [7, 11) is 0. The molecule has 0 spiro atoms. The number of benzene rings is 2. The molecule has 0 saturated carbocycles. The second kappa shape index (κ2) is 8.58. The fourth-order valence-electron chi connectivity index (χ4n) is 4.41. The van der Waals surface area contributed by atoms with Crippen molar-refractivity contribution >= 4 is 16.9 Å². The first-order valence-electron chi connectivity index (χ1n) is 11.0. The van der Waals surface area contributed by atoms with Crippen LogP contribution in [0, 0.1) is 12.8 Å². The summed E-state index contributed by atoms with van der Waals surface area (Å²) in [5.74, 6) is -0.0271. The fraction of sp³-hybridized carbons (Fsp3) is 0.333.